The molecule has 0 aliphatic carbocycles. The van der Waals surface area contributed by atoms with Crippen molar-refractivity contribution in [3.05, 3.63) is 129 Å². The minimum atomic E-state index is -1.73. The summed E-state index contributed by atoms with van der Waals surface area (Å²) >= 11 is 0. The lowest BCUT2D eigenvalue weighted by atomic mass is 9.93. The van der Waals surface area contributed by atoms with Gasteiger partial charge in [-0.15, -0.1) is 0 Å². The van der Waals surface area contributed by atoms with Crippen LogP contribution in [0, 0.1) is 60.4 Å². The van der Waals surface area contributed by atoms with Gasteiger partial charge in [0.25, 0.3) is 11.8 Å². The van der Waals surface area contributed by atoms with Crippen LogP contribution in [0.5, 0.6) is 11.5 Å². The first-order valence-electron chi connectivity index (χ1n) is 16.1. The van der Waals surface area contributed by atoms with E-state index in [2.05, 4.69) is 0 Å². The first-order chi connectivity index (χ1) is 25.9. The molecule has 0 aliphatic rings. The number of benzene rings is 4. The molecule has 2 heterocycles. The summed E-state index contributed by atoms with van der Waals surface area (Å²) < 4.78 is 124. The summed E-state index contributed by atoms with van der Waals surface area (Å²) in [6, 6.07) is 5.15. The second-order valence-electron chi connectivity index (χ2n) is 12.4. The molecule has 0 saturated carbocycles. The molecular weight excluding hydrogens is 748 g/mol. The number of carboxylic acid groups (broad SMARTS) is 1. The van der Waals surface area contributed by atoms with Gasteiger partial charge in [0.15, 0.2) is 52.3 Å². The van der Waals surface area contributed by atoms with E-state index in [1.54, 1.807) is 0 Å². The molecule has 2 N–H and O–H groups in total. The first kappa shape index (κ1) is 38.2. The van der Waals surface area contributed by atoms with Crippen molar-refractivity contribution >= 4 is 45.6 Å². The monoisotopic (exact) mass is 772 g/mol. The number of aromatic hydroxyl groups is 1. The number of halogens is 8. The number of aromatic nitrogens is 2. The lowest BCUT2D eigenvalue weighted by Crippen LogP contribution is -2.21. The maximum absolute atomic E-state index is 16.4. The van der Waals surface area contributed by atoms with Gasteiger partial charge in [0, 0.05) is 45.4 Å². The van der Waals surface area contributed by atoms with Crippen molar-refractivity contribution < 1.29 is 69.3 Å². The number of phenolic OH excluding ortho intramolecular Hbond substituents is 1. The van der Waals surface area contributed by atoms with E-state index in [-0.39, 0.29) is 23.4 Å². The third kappa shape index (κ3) is 6.24. The number of carboxylic acids is 1. The molecule has 0 radical (unpaired) electrons. The number of rotatable bonds is 8. The number of phenols is 1. The van der Waals surface area contributed by atoms with Crippen LogP contribution < -0.4 is 4.74 Å². The molecule has 1 unspecified atom stereocenters. The van der Waals surface area contributed by atoms with E-state index in [1.807, 2.05) is 0 Å². The van der Waals surface area contributed by atoms with Crippen LogP contribution in [0.1, 0.15) is 62.5 Å². The zero-order valence-corrected chi connectivity index (χ0v) is 28.5. The van der Waals surface area contributed by atoms with Crippen molar-refractivity contribution in [1.29, 1.82) is 0 Å². The highest BCUT2D eigenvalue weighted by Gasteiger charge is 2.35. The van der Waals surface area contributed by atoms with Gasteiger partial charge in [-0.2, -0.15) is 0 Å². The predicted octanol–water partition coefficient (Wildman–Crippen LogP) is 8.13. The van der Waals surface area contributed by atoms with E-state index in [0.29, 0.717) is 45.5 Å². The Balaban J connectivity index is 1.50. The number of aliphatic carboxylic acids is 1. The molecule has 4 aromatic carbocycles. The predicted molar refractivity (Wildman–Crippen MR) is 177 cm³/mol. The molecule has 0 spiro atoms. The van der Waals surface area contributed by atoms with Gasteiger partial charge in [0.05, 0.1) is 23.4 Å². The van der Waals surface area contributed by atoms with Crippen LogP contribution >= 0.6 is 0 Å². The van der Waals surface area contributed by atoms with Crippen molar-refractivity contribution in [3.8, 4) is 11.5 Å². The highest BCUT2D eigenvalue weighted by molar-refractivity contribution is 6.07. The normalized spacial score (nSPS) is 12.1. The molecule has 6 rings (SSSR count). The molecule has 0 saturated heterocycles. The third-order valence-corrected chi connectivity index (χ3v) is 9.19. The summed E-state index contributed by atoms with van der Waals surface area (Å²) in [5.74, 6) is -21.8. The standard InChI is InChI=1S/C38H24F8N2O7/c1-4-18(29-15(3)48(27-12-24(43)34(51)32(45)31(27)29)37(53)17-6-8-21(40)23(42)10-17)38(54)55-35-25(44)13-26-30(33(35)46)19(11-28(49)50)14(2)47(26)36(52)16-5-7-20(39)22(41)9-16/h5-10,12-13,18,51H,4,11H2,1-3H3,(H,49,50). The summed E-state index contributed by atoms with van der Waals surface area (Å²) in [5.41, 5.74) is -3.43. The smallest absolute Gasteiger partial charge is 0.319 e. The van der Waals surface area contributed by atoms with E-state index in [1.165, 1.54) is 20.8 Å². The Morgan fingerprint density at radius 1 is 0.673 bits per heavy atom. The van der Waals surface area contributed by atoms with E-state index in [0.717, 1.165) is 12.1 Å². The Labute approximate surface area is 303 Å². The molecule has 1 atom stereocenters. The van der Waals surface area contributed by atoms with Gasteiger partial charge >= 0.3 is 11.9 Å². The molecule has 0 bridgehead atoms. The van der Waals surface area contributed by atoms with Gasteiger partial charge in [-0.1, -0.05) is 6.92 Å². The van der Waals surface area contributed by atoms with Gasteiger partial charge in [-0.05, 0) is 67.8 Å². The van der Waals surface area contributed by atoms with Crippen LogP contribution in [0.3, 0.4) is 0 Å². The van der Waals surface area contributed by atoms with Gasteiger partial charge in [0.2, 0.25) is 5.75 Å². The Bertz CT molecular complexity index is 2670. The Kier molecular flexibility index (Phi) is 9.75. The minimum absolute atomic E-state index is 0.239. The number of esters is 1. The molecular formula is C38H24F8N2O7. The lowest BCUT2D eigenvalue weighted by molar-refractivity contribution is -0.137. The largest absolute Gasteiger partial charge is 0.503 e. The van der Waals surface area contributed by atoms with Gasteiger partial charge < -0.3 is 14.9 Å². The minimum Gasteiger partial charge on any atom is -0.503 e. The first-order valence-corrected chi connectivity index (χ1v) is 16.1. The average Bonchev–Trinajstić information content (AvgIpc) is 3.56. The second kappa shape index (κ2) is 14.0. The number of carbonyl (C=O) groups excluding carboxylic acids is 3. The maximum Gasteiger partial charge on any atom is 0.319 e. The summed E-state index contributed by atoms with van der Waals surface area (Å²) in [6.45, 7) is 3.69. The quantitative estimate of drug-likeness (QED) is 0.0909. The van der Waals surface area contributed by atoms with Crippen molar-refractivity contribution in [2.75, 3.05) is 0 Å². The number of hydrogen-bond donors (Lipinski definition) is 2. The molecule has 17 heteroatoms. The fourth-order valence-corrected chi connectivity index (χ4v) is 6.65. The summed E-state index contributed by atoms with van der Waals surface area (Å²) in [4.78, 5) is 52.7. The van der Waals surface area contributed by atoms with Crippen LogP contribution in [0.15, 0.2) is 48.5 Å². The van der Waals surface area contributed by atoms with Crippen LogP contribution in [-0.2, 0) is 16.0 Å². The van der Waals surface area contributed by atoms with Crippen LogP contribution in [0.2, 0.25) is 0 Å². The topological polar surface area (TPSA) is 128 Å². The number of hydrogen-bond acceptors (Lipinski definition) is 6. The Hall–Kier alpha value is -6.52. The lowest BCUT2D eigenvalue weighted by Gasteiger charge is -2.17. The number of fused-ring (bicyclic) bond motifs is 2. The van der Waals surface area contributed by atoms with Crippen LogP contribution in [0.25, 0.3) is 21.8 Å². The fourth-order valence-electron chi connectivity index (χ4n) is 6.65. The maximum atomic E-state index is 16.4. The number of nitrogens with zero attached hydrogens (tertiary/aromatic N) is 2. The zero-order chi connectivity index (χ0) is 40.4. The van der Waals surface area contributed by atoms with E-state index in [4.69, 9.17) is 4.74 Å². The van der Waals surface area contributed by atoms with Gasteiger partial charge in [-0.3, -0.25) is 28.3 Å². The fraction of sp³-hybridized carbons (Fsp3) is 0.158. The van der Waals surface area contributed by atoms with Crippen LogP contribution in [-0.4, -0.2) is 43.1 Å². The number of ether oxygens (including phenoxy) is 1. The molecule has 6 aromatic rings. The van der Waals surface area contributed by atoms with Gasteiger partial charge in [-0.25, -0.2) is 35.1 Å². The van der Waals surface area contributed by atoms with Crippen molar-refractivity contribution in [1.82, 2.24) is 9.13 Å². The third-order valence-electron chi connectivity index (χ3n) is 9.19. The highest BCUT2D eigenvalue weighted by Crippen LogP contribution is 2.42. The second-order valence-corrected chi connectivity index (χ2v) is 12.4. The van der Waals surface area contributed by atoms with Crippen molar-refractivity contribution in [3.63, 3.8) is 0 Å². The molecule has 284 valence electrons. The van der Waals surface area contributed by atoms with Gasteiger partial charge in [0.1, 0.15) is 0 Å². The number of carbonyl (C=O) groups is 4. The van der Waals surface area contributed by atoms with E-state index in [9.17, 15) is 51.3 Å². The average molecular weight is 773 g/mol. The summed E-state index contributed by atoms with van der Waals surface area (Å²) in [5, 5.41) is 18.3. The van der Waals surface area contributed by atoms with E-state index < -0.39 is 133 Å². The molecule has 2 aromatic heterocycles. The molecule has 9 nitrogen and oxygen atoms in total. The van der Waals surface area contributed by atoms with Crippen molar-refractivity contribution in [2.24, 2.45) is 0 Å². The Morgan fingerprint density at radius 2 is 1.18 bits per heavy atom. The molecule has 55 heavy (non-hydrogen) atoms. The molecule has 0 fully saturated rings. The summed E-state index contributed by atoms with van der Waals surface area (Å²) in [7, 11) is 0. The SMILES string of the molecule is CCC(C(=O)Oc1c(F)cc2c(c1F)c(CC(=O)O)c(C)n2C(=O)c1ccc(F)c(F)c1)c1c(C)n(C(=O)c2ccc(F)c(F)c2)c2cc(F)c(O)c(F)c12. The van der Waals surface area contributed by atoms with E-state index >= 15 is 13.2 Å². The highest BCUT2D eigenvalue weighted by atomic mass is 19.2. The zero-order valence-electron chi connectivity index (χ0n) is 28.5. The molecule has 0 aliphatic heterocycles. The van der Waals surface area contributed by atoms with Crippen LogP contribution in [0.4, 0.5) is 35.1 Å². The summed E-state index contributed by atoms with van der Waals surface area (Å²) in [6.07, 6.45) is -1.29. The van der Waals surface area contributed by atoms with Crippen molar-refractivity contribution in [2.45, 2.75) is 39.5 Å². The Morgan fingerprint density at radius 3 is 1.69 bits per heavy atom. The molecule has 0 amide bonds.